The summed E-state index contributed by atoms with van der Waals surface area (Å²) in [7, 11) is 1.72. The molecule has 0 aromatic carbocycles. The van der Waals surface area contributed by atoms with Gasteiger partial charge in [-0.3, -0.25) is 9.36 Å². The van der Waals surface area contributed by atoms with Crippen LogP contribution in [0.4, 0.5) is 0 Å². The van der Waals surface area contributed by atoms with Gasteiger partial charge in [0.15, 0.2) is 0 Å². The Balaban J connectivity index is 2.60. The summed E-state index contributed by atoms with van der Waals surface area (Å²) in [6, 6.07) is 3.22. The van der Waals surface area contributed by atoms with Crippen LogP contribution in [-0.4, -0.2) is 19.5 Å². The Morgan fingerprint density at radius 1 is 1.44 bits per heavy atom. The van der Waals surface area contributed by atoms with Gasteiger partial charge in [-0.05, 0) is 6.07 Å². The molecule has 82 valence electrons. The zero-order valence-electron chi connectivity index (χ0n) is 8.59. The van der Waals surface area contributed by atoms with Gasteiger partial charge in [0, 0.05) is 19.3 Å². The molecule has 0 radical (unpaired) electrons. The number of hydrogen-bond donors (Lipinski definition) is 0. The Labute approximate surface area is 106 Å². The van der Waals surface area contributed by atoms with E-state index >= 15 is 0 Å². The van der Waals surface area contributed by atoms with Gasteiger partial charge in [0.2, 0.25) is 0 Å². The minimum absolute atomic E-state index is 0.0738. The van der Waals surface area contributed by atoms with Crippen LogP contribution in [0.15, 0.2) is 29.5 Å². The highest BCUT2D eigenvalue weighted by atomic mass is 127. The highest BCUT2D eigenvalue weighted by Crippen LogP contribution is 2.11. The van der Waals surface area contributed by atoms with Gasteiger partial charge in [-0.2, -0.15) is 0 Å². The molecule has 2 rings (SSSR count). The topological polar surface area (TPSA) is 60.7 Å². The summed E-state index contributed by atoms with van der Waals surface area (Å²) in [4.78, 5) is 24.0. The van der Waals surface area contributed by atoms with Crippen molar-refractivity contribution in [3.8, 4) is 11.4 Å². The second-order valence-corrected chi connectivity index (χ2v) is 3.95. The maximum absolute atomic E-state index is 11.7. The fourth-order valence-electron chi connectivity index (χ4n) is 1.28. The van der Waals surface area contributed by atoms with E-state index in [1.165, 1.54) is 17.0 Å². The van der Waals surface area contributed by atoms with E-state index < -0.39 is 0 Å². The van der Waals surface area contributed by atoms with E-state index in [-0.39, 0.29) is 5.56 Å². The Morgan fingerprint density at radius 3 is 2.88 bits per heavy atom. The van der Waals surface area contributed by atoms with Gasteiger partial charge >= 0.3 is 0 Å². The van der Waals surface area contributed by atoms with E-state index in [0.717, 1.165) is 5.82 Å². The molecule has 0 saturated carbocycles. The number of alkyl halides is 1. The maximum Gasteiger partial charge on any atom is 0.253 e. The van der Waals surface area contributed by atoms with Crippen molar-refractivity contribution in [2.45, 2.75) is 4.43 Å². The molecule has 5 nitrogen and oxygen atoms in total. The first kappa shape index (κ1) is 11.2. The third-order valence-corrected chi connectivity index (χ3v) is 2.87. The maximum atomic E-state index is 11.7. The fourth-order valence-corrected chi connectivity index (χ4v) is 1.96. The van der Waals surface area contributed by atoms with Crippen molar-refractivity contribution in [3.63, 3.8) is 0 Å². The summed E-state index contributed by atoms with van der Waals surface area (Å²) in [6.07, 6.45) is 3.07. The van der Waals surface area contributed by atoms with Crippen LogP contribution < -0.4 is 5.56 Å². The van der Waals surface area contributed by atoms with Crippen molar-refractivity contribution < 1.29 is 0 Å². The molecule has 16 heavy (non-hydrogen) atoms. The van der Waals surface area contributed by atoms with Gasteiger partial charge in [-0.25, -0.2) is 15.0 Å². The average Bonchev–Trinajstić information content (AvgIpc) is 2.33. The Morgan fingerprint density at radius 2 is 2.25 bits per heavy atom. The highest BCUT2D eigenvalue weighted by Gasteiger charge is 2.06. The second-order valence-electron chi connectivity index (χ2n) is 3.18. The second kappa shape index (κ2) is 4.69. The van der Waals surface area contributed by atoms with Crippen LogP contribution in [0.3, 0.4) is 0 Å². The molecule has 0 N–H and O–H groups in total. The molecule has 0 amide bonds. The zero-order chi connectivity index (χ0) is 11.5. The van der Waals surface area contributed by atoms with Crippen LogP contribution in [-0.2, 0) is 11.5 Å². The Bertz CT molecular complexity index is 552. The van der Waals surface area contributed by atoms with E-state index in [4.69, 9.17) is 0 Å². The summed E-state index contributed by atoms with van der Waals surface area (Å²) >= 11 is 2.18. The van der Waals surface area contributed by atoms with Crippen LogP contribution in [0, 0.1) is 0 Å². The minimum atomic E-state index is -0.0738. The quantitative estimate of drug-likeness (QED) is 0.613. The van der Waals surface area contributed by atoms with Gasteiger partial charge < -0.3 is 0 Å². The average molecular weight is 328 g/mol. The SMILES string of the molecule is Cn1c(CI)nc(-c2ccncn2)cc1=O. The molecule has 0 atom stereocenters. The highest BCUT2D eigenvalue weighted by molar-refractivity contribution is 14.1. The molecule has 0 unspecified atom stereocenters. The van der Waals surface area contributed by atoms with Crippen molar-refractivity contribution in [1.29, 1.82) is 0 Å². The summed E-state index contributed by atoms with van der Waals surface area (Å²) in [5.41, 5.74) is 1.19. The minimum Gasteiger partial charge on any atom is -0.299 e. The molecular weight excluding hydrogens is 319 g/mol. The molecule has 0 saturated heterocycles. The third-order valence-electron chi connectivity index (χ3n) is 2.19. The van der Waals surface area contributed by atoms with Gasteiger partial charge in [-0.1, -0.05) is 22.6 Å². The summed E-state index contributed by atoms with van der Waals surface area (Å²) in [5.74, 6) is 0.738. The first-order valence-electron chi connectivity index (χ1n) is 4.61. The first-order valence-corrected chi connectivity index (χ1v) is 6.14. The largest absolute Gasteiger partial charge is 0.299 e. The number of halogens is 1. The first-order chi connectivity index (χ1) is 7.72. The van der Waals surface area contributed by atoms with Crippen LogP contribution in [0.2, 0.25) is 0 Å². The molecule has 0 aliphatic heterocycles. The molecule has 0 fully saturated rings. The summed E-state index contributed by atoms with van der Waals surface area (Å²) in [6.45, 7) is 0. The number of rotatable bonds is 2. The fraction of sp³-hybridized carbons (Fsp3) is 0.200. The smallest absolute Gasteiger partial charge is 0.253 e. The van der Waals surface area contributed by atoms with E-state index in [1.807, 2.05) is 0 Å². The zero-order valence-corrected chi connectivity index (χ0v) is 10.7. The lowest BCUT2D eigenvalue weighted by Crippen LogP contribution is -2.21. The molecule has 2 heterocycles. The summed E-state index contributed by atoms with van der Waals surface area (Å²) in [5, 5.41) is 0. The third kappa shape index (κ3) is 2.11. The lowest BCUT2D eigenvalue weighted by Gasteiger charge is -2.06. The van der Waals surface area contributed by atoms with E-state index in [1.54, 1.807) is 19.3 Å². The van der Waals surface area contributed by atoms with Crippen molar-refractivity contribution >= 4 is 22.6 Å². The van der Waals surface area contributed by atoms with Gasteiger partial charge in [0.25, 0.3) is 5.56 Å². The van der Waals surface area contributed by atoms with Crippen LogP contribution in [0.5, 0.6) is 0 Å². The number of aromatic nitrogens is 4. The molecule has 0 aliphatic rings. The Kier molecular flexibility index (Phi) is 3.28. The van der Waals surface area contributed by atoms with Crippen molar-refractivity contribution in [1.82, 2.24) is 19.5 Å². The lowest BCUT2D eigenvalue weighted by molar-refractivity contribution is 0.774. The van der Waals surface area contributed by atoms with E-state index in [2.05, 4.69) is 37.5 Å². The molecule has 2 aromatic rings. The number of nitrogens with zero attached hydrogens (tertiary/aromatic N) is 4. The molecule has 2 aromatic heterocycles. The van der Waals surface area contributed by atoms with Crippen LogP contribution in [0.25, 0.3) is 11.4 Å². The van der Waals surface area contributed by atoms with Crippen LogP contribution >= 0.6 is 22.6 Å². The molecule has 0 spiro atoms. The van der Waals surface area contributed by atoms with E-state index in [9.17, 15) is 4.79 Å². The van der Waals surface area contributed by atoms with Gasteiger partial charge in [0.1, 0.15) is 12.2 Å². The standard InChI is InChI=1S/C10H9IN4O/c1-15-9(5-11)14-8(4-10(15)16)7-2-3-12-6-13-7/h2-4,6H,5H2,1H3. The monoisotopic (exact) mass is 328 g/mol. The van der Waals surface area contributed by atoms with Gasteiger partial charge in [-0.15, -0.1) is 0 Å². The molecule has 0 aliphatic carbocycles. The van der Waals surface area contributed by atoms with Gasteiger partial charge in [0.05, 0.1) is 15.8 Å². The molecule has 6 heteroatoms. The number of hydrogen-bond acceptors (Lipinski definition) is 4. The van der Waals surface area contributed by atoms with Crippen molar-refractivity contribution in [2.24, 2.45) is 7.05 Å². The summed E-state index contributed by atoms with van der Waals surface area (Å²) < 4.78 is 2.22. The van der Waals surface area contributed by atoms with E-state index in [0.29, 0.717) is 15.8 Å². The normalized spacial score (nSPS) is 10.4. The molecular formula is C10H9IN4O. The van der Waals surface area contributed by atoms with Crippen LogP contribution in [0.1, 0.15) is 5.82 Å². The predicted octanol–water partition coefficient (Wildman–Crippen LogP) is 1.17. The molecule has 0 bridgehead atoms. The van der Waals surface area contributed by atoms with Crippen molar-refractivity contribution in [3.05, 3.63) is 40.8 Å². The predicted molar refractivity (Wildman–Crippen MR) is 68.2 cm³/mol. The Hall–Kier alpha value is -1.31. The lowest BCUT2D eigenvalue weighted by atomic mass is 10.3. The van der Waals surface area contributed by atoms with Crippen molar-refractivity contribution in [2.75, 3.05) is 0 Å².